The smallest absolute Gasteiger partial charge is 0.0116 e. The Balaban J connectivity index is 1.72. The molecule has 2 N–H and O–H groups in total. The first-order chi connectivity index (χ1) is 7.24. The largest absolute Gasteiger partial charge is 0.328 e. The number of nitrogens with two attached hydrogens (primary N) is 1. The molecule has 0 radical (unpaired) electrons. The maximum absolute atomic E-state index is 6.12. The van der Waals surface area contributed by atoms with Gasteiger partial charge >= 0.3 is 0 Å². The van der Waals surface area contributed by atoms with Gasteiger partial charge in [0, 0.05) is 24.2 Å². The molecule has 0 amide bonds. The van der Waals surface area contributed by atoms with Crippen LogP contribution in [0.3, 0.4) is 0 Å². The summed E-state index contributed by atoms with van der Waals surface area (Å²) in [7, 11) is 0. The predicted octanol–water partition coefficient (Wildman–Crippen LogP) is 2.13. The zero-order valence-electron chi connectivity index (χ0n) is 9.86. The topological polar surface area (TPSA) is 29.3 Å². The van der Waals surface area contributed by atoms with Crippen molar-refractivity contribution in [1.29, 1.82) is 0 Å². The molecule has 4 unspecified atom stereocenters. The lowest BCUT2D eigenvalue weighted by molar-refractivity contribution is 0.0784. The minimum absolute atomic E-state index is 0.498. The summed E-state index contributed by atoms with van der Waals surface area (Å²) >= 11 is 0. The van der Waals surface area contributed by atoms with E-state index in [2.05, 4.69) is 11.8 Å². The Morgan fingerprint density at radius 2 is 1.40 bits per heavy atom. The monoisotopic (exact) mass is 208 g/mol. The van der Waals surface area contributed by atoms with Crippen LogP contribution in [0.25, 0.3) is 0 Å². The fourth-order valence-electron chi connectivity index (χ4n) is 4.30. The third kappa shape index (κ3) is 1.72. The average Bonchev–Trinajstić information content (AvgIpc) is 2.69. The highest BCUT2D eigenvalue weighted by Crippen LogP contribution is 2.41. The number of rotatable bonds is 1. The summed E-state index contributed by atoms with van der Waals surface area (Å²) in [4.78, 5) is 2.87. The molecule has 86 valence electrons. The first-order valence-electron chi connectivity index (χ1n) is 6.77. The van der Waals surface area contributed by atoms with Crippen LogP contribution in [0.5, 0.6) is 0 Å². The Hall–Kier alpha value is -0.0800. The van der Waals surface area contributed by atoms with Crippen LogP contribution in [0.4, 0.5) is 0 Å². The molecule has 1 aliphatic carbocycles. The van der Waals surface area contributed by atoms with Gasteiger partial charge in [0.2, 0.25) is 0 Å². The summed E-state index contributed by atoms with van der Waals surface area (Å²) in [6.07, 6.45) is 9.72. The summed E-state index contributed by atoms with van der Waals surface area (Å²) in [6, 6.07) is 3.09. The standard InChI is InChI=1S/C13H24N2/c1-9-2-3-11(6-9)15-12-4-5-13(15)8-10(14)7-12/h9-13H,2-8,14H2,1H3. The minimum atomic E-state index is 0.498. The Kier molecular flexibility index (Phi) is 2.52. The molecule has 2 saturated heterocycles. The van der Waals surface area contributed by atoms with Crippen LogP contribution in [0.2, 0.25) is 0 Å². The molecule has 15 heavy (non-hydrogen) atoms. The molecule has 2 heteroatoms. The normalized spacial score (nSPS) is 51.2. The Labute approximate surface area is 93.2 Å². The second-order valence-electron chi connectivity index (χ2n) is 6.14. The Morgan fingerprint density at radius 1 is 0.867 bits per heavy atom. The van der Waals surface area contributed by atoms with E-state index in [1.54, 1.807) is 0 Å². The fourth-order valence-corrected chi connectivity index (χ4v) is 4.30. The van der Waals surface area contributed by atoms with E-state index in [1.165, 1.54) is 44.9 Å². The first kappa shape index (κ1) is 10.1. The molecule has 1 saturated carbocycles. The molecule has 0 aromatic rings. The molecule has 0 aromatic heterocycles. The molecule has 0 spiro atoms. The third-order valence-corrected chi connectivity index (χ3v) is 4.91. The van der Waals surface area contributed by atoms with Gasteiger partial charge in [0.25, 0.3) is 0 Å². The Bertz CT molecular complexity index is 227. The van der Waals surface area contributed by atoms with E-state index in [1.807, 2.05) is 0 Å². The van der Waals surface area contributed by atoms with Crippen molar-refractivity contribution in [3.8, 4) is 0 Å². The van der Waals surface area contributed by atoms with Crippen molar-refractivity contribution in [2.75, 3.05) is 0 Å². The van der Waals surface area contributed by atoms with Gasteiger partial charge in [-0.1, -0.05) is 6.92 Å². The van der Waals surface area contributed by atoms with Gasteiger partial charge in [0.15, 0.2) is 0 Å². The van der Waals surface area contributed by atoms with Gasteiger partial charge in [0.05, 0.1) is 0 Å². The van der Waals surface area contributed by atoms with Gasteiger partial charge < -0.3 is 5.73 Å². The number of nitrogens with zero attached hydrogens (tertiary/aromatic N) is 1. The molecule has 3 fully saturated rings. The van der Waals surface area contributed by atoms with E-state index in [0.29, 0.717) is 6.04 Å². The SMILES string of the molecule is CC1CCC(N2C3CCC2CC(N)C3)C1. The van der Waals surface area contributed by atoms with E-state index in [-0.39, 0.29) is 0 Å². The molecule has 0 aromatic carbocycles. The quantitative estimate of drug-likeness (QED) is 0.715. The highest BCUT2D eigenvalue weighted by atomic mass is 15.3. The van der Waals surface area contributed by atoms with Crippen molar-refractivity contribution in [1.82, 2.24) is 4.90 Å². The van der Waals surface area contributed by atoms with Crippen molar-refractivity contribution in [3.63, 3.8) is 0 Å². The predicted molar refractivity (Wildman–Crippen MR) is 62.7 cm³/mol. The van der Waals surface area contributed by atoms with Crippen LogP contribution >= 0.6 is 0 Å². The summed E-state index contributed by atoms with van der Waals surface area (Å²) in [5.41, 5.74) is 6.12. The number of fused-ring (bicyclic) bond motifs is 2. The van der Waals surface area contributed by atoms with Gasteiger partial charge in [-0.25, -0.2) is 0 Å². The summed E-state index contributed by atoms with van der Waals surface area (Å²) in [6.45, 7) is 2.41. The molecular weight excluding hydrogens is 184 g/mol. The molecule has 2 nitrogen and oxygen atoms in total. The Morgan fingerprint density at radius 3 is 1.93 bits per heavy atom. The van der Waals surface area contributed by atoms with Crippen molar-refractivity contribution in [2.45, 2.75) is 76.0 Å². The third-order valence-electron chi connectivity index (χ3n) is 4.91. The van der Waals surface area contributed by atoms with Crippen LogP contribution in [0, 0.1) is 5.92 Å². The van der Waals surface area contributed by atoms with Gasteiger partial charge in [-0.2, -0.15) is 0 Å². The van der Waals surface area contributed by atoms with Crippen molar-refractivity contribution < 1.29 is 0 Å². The highest BCUT2D eigenvalue weighted by molar-refractivity contribution is 5.00. The van der Waals surface area contributed by atoms with Crippen LogP contribution in [0.15, 0.2) is 0 Å². The molecule has 3 rings (SSSR count). The molecule has 3 aliphatic rings. The lowest BCUT2D eigenvalue weighted by Gasteiger charge is -2.41. The molecule has 4 atom stereocenters. The van der Waals surface area contributed by atoms with Crippen LogP contribution in [-0.2, 0) is 0 Å². The maximum Gasteiger partial charge on any atom is 0.0116 e. The van der Waals surface area contributed by atoms with Crippen LogP contribution in [-0.4, -0.2) is 29.1 Å². The second-order valence-corrected chi connectivity index (χ2v) is 6.14. The zero-order valence-corrected chi connectivity index (χ0v) is 9.86. The summed E-state index contributed by atoms with van der Waals surface area (Å²) in [5, 5.41) is 0. The van der Waals surface area contributed by atoms with E-state index in [4.69, 9.17) is 5.73 Å². The van der Waals surface area contributed by atoms with Gasteiger partial charge in [-0.15, -0.1) is 0 Å². The van der Waals surface area contributed by atoms with E-state index >= 15 is 0 Å². The number of piperidine rings is 1. The average molecular weight is 208 g/mol. The molecule has 2 heterocycles. The highest BCUT2D eigenvalue weighted by Gasteiger charge is 2.44. The zero-order chi connectivity index (χ0) is 10.4. The fraction of sp³-hybridized carbons (Fsp3) is 1.00. The second kappa shape index (κ2) is 3.74. The van der Waals surface area contributed by atoms with Crippen LogP contribution < -0.4 is 5.73 Å². The number of hydrogen-bond acceptors (Lipinski definition) is 2. The van der Waals surface area contributed by atoms with Gasteiger partial charge in [-0.05, 0) is 50.9 Å². The van der Waals surface area contributed by atoms with E-state index in [0.717, 1.165) is 24.0 Å². The van der Waals surface area contributed by atoms with Crippen LogP contribution in [0.1, 0.15) is 51.9 Å². The first-order valence-corrected chi connectivity index (χ1v) is 6.77. The van der Waals surface area contributed by atoms with Crippen molar-refractivity contribution in [3.05, 3.63) is 0 Å². The van der Waals surface area contributed by atoms with Crippen molar-refractivity contribution in [2.24, 2.45) is 11.7 Å². The lowest BCUT2D eigenvalue weighted by atomic mass is 9.95. The van der Waals surface area contributed by atoms with Gasteiger partial charge in [0.1, 0.15) is 0 Å². The maximum atomic E-state index is 6.12. The molecular formula is C13H24N2. The van der Waals surface area contributed by atoms with E-state index < -0.39 is 0 Å². The minimum Gasteiger partial charge on any atom is -0.328 e. The lowest BCUT2D eigenvalue weighted by Crippen LogP contribution is -2.51. The molecule has 2 bridgehead atoms. The van der Waals surface area contributed by atoms with Crippen molar-refractivity contribution >= 4 is 0 Å². The van der Waals surface area contributed by atoms with Gasteiger partial charge in [-0.3, -0.25) is 4.90 Å². The molecule has 2 aliphatic heterocycles. The summed E-state index contributed by atoms with van der Waals surface area (Å²) < 4.78 is 0. The van der Waals surface area contributed by atoms with E-state index in [9.17, 15) is 0 Å². The summed E-state index contributed by atoms with van der Waals surface area (Å²) in [5.74, 6) is 0.963. The number of hydrogen-bond donors (Lipinski definition) is 1.